The number of ether oxygens (including phenoxy) is 1. The van der Waals surface area contributed by atoms with Crippen molar-refractivity contribution in [2.45, 2.75) is 6.92 Å². The lowest BCUT2D eigenvalue weighted by Gasteiger charge is -2.12. The molecule has 0 unspecified atom stereocenters. The van der Waals surface area contributed by atoms with Crippen molar-refractivity contribution in [3.8, 4) is 0 Å². The number of amides is 1. The number of thioether (sulfide) groups is 1. The van der Waals surface area contributed by atoms with Gasteiger partial charge in [0.05, 0.1) is 11.5 Å². The smallest absolute Gasteiger partial charge is 0.326 e. The van der Waals surface area contributed by atoms with Crippen molar-refractivity contribution < 1.29 is 14.3 Å². The normalized spacial score (nSPS) is 16.4. The van der Waals surface area contributed by atoms with Gasteiger partial charge in [-0.3, -0.25) is 14.5 Å². The summed E-state index contributed by atoms with van der Waals surface area (Å²) >= 11 is 6.28. The summed E-state index contributed by atoms with van der Waals surface area (Å²) in [5.74, 6) is -0.757. The molecule has 0 spiro atoms. The van der Waals surface area contributed by atoms with Gasteiger partial charge in [-0.1, -0.05) is 42.2 Å². The van der Waals surface area contributed by atoms with E-state index in [-0.39, 0.29) is 19.1 Å². The minimum Gasteiger partial charge on any atom is -0.465 e. The Morgan fingerprint density at radius 1 is 1.43 bits per heavy atom. The number of benzene rings is 1. The monoisotopic (exact) mass is 322 g/mol. The fourth-order valence-corrected chi connectivity index (χ4v) is 2.83. The Hall–Kier alpha value is -1.86. The molecule has 110 valence electrons. The summed E-state index contributed by atoms with van der Waals surface area (Å²) in [6.07, 6.45) is 1.60. The number of rotatable bonds is 5. The SMILES string of the molecule is CCOC(=O)CN1C(=O)C(=CNc2ccccc2)SC1=S. The summed E-state index contributed by atoms with van der Waals surface area (Å²) < 4.78 is 5.18. The van der Waals surface area contributed by atoms with Gasteiger partial charge in [-0.2, -0.15) is 0 Å². The molecular formula is C14H14N2O3S2. The van der Waals surface area contributed by atoms with Gasteiger partial charge in [0, 0.05) is 11.9 Å². The van der Waals surface area contributed by atoms with Crippen molar-refractivity contribution in [2.24, 2.45) is 0 Å². The Kier molecular flexibility index (Phi) is 5.35. The largest absolute Gasteiger partial charge is 0.465 e. The summed E-state index contributed by atoms with van der Waals surface area (Å²) in [5.41, 5.74) is 0.869. The number of carbonyl (C=O) groups excluding carboxylic acids is 2. The Morgan fingerprint density at radius 2 is 2.14 bits per heavy atom. The molecule has 2 rings (SSSR count). The van der Waals surface area contributed by atoms with Crippen LogP contribution in [0.2, 0.25) is 0 Å². The molecule has 5 nitrogen and oxygen atoms in total. The molecule has 7 heteroatoms. The first-order valence-electron chi connectivity index (χ1n) is 6.33. The van der Waals surface area contributed by atoms with E-state index in [2.05, 4.69) is 5.32 Å². The number of esters is 1. The van der Waals surface area contributed by atoms with E-state index >= 15 is 0 Å². The van der Waals surface area contributed by atoms with E-state index < -0.39 is 5.97 Å². The topological polar surface area (TPSA) is 58.6 Å². The van der Waals surface area contributed by atoms with Crippen LogP contribution in [0.1, 0.15) is 6.92 Å². The van der Waals surface area contributed by atoms with Gasteiger partial charge in [0.25, 0.3) is 5.91 Å². The zero-order chi connectivity index (χ0) is 15.2. The molecule has 0 aromatic heterocycles. The molecule has 0 aliphatic carbocycles. The molecule has 1 aliphatic heterocycles. The highest BCUT2D eigenvalue weighted by molar-refractivity contribution is 8.26. The Bertz CT molecular complexity index is 587. The van der Waals surface area contributed by atoms with Crippen LogP contribution in [0.3, 0.4) is 0 Å². The third kappa shape index (κ3) is 4.05. The van der Waals surface area contributed by atoms with Crippen LogP contribution in [-0.2, 0) is 14.3 Å². The highest BCUT2D eigenvalue weighted by Gasteiger charge is 2.33. The first kappa shape index (κ1) is 15.5. The number of hydrogen-bond donors (Lipinski definition) is 1. The fourth-order valence-electron chi connectivity index (χ4n) is 1.66. The molecule has 0 bridgehead atoms. The number of para-hydroxylation sites is 1. The minimum absolute atomic E-state index is 0.152. The molecule has 1 fully saturated rings. The lowest BCUT2D eigenvalue weighted by Crippen LogP contribution is -2.34. The van der Waals surface area contributed by atoms with Crippen LogP contribution in [0.5, 0.6) is 0 Å². The van der Waals surface area contributed by atoms with E-state index in [9.17, 15) is 9.59 Å². The molecule has 1 aromatic rings. The molecule has 1 amide bonds. The maximum absolute atomic E-state index is 12.2. The Labute approximate surface area is 132 Å². The zero-order valence-corrected chi connectivity index (χ0v) is 13.0. The molecule has 1 heterocycles. The second kappa shape index (κ2) is 7.24. The minimum atomic E-state index is -0.467. The second-order valence-corrected chi connectivity index (χ2v) is 5.76. The van der Waals surface area contributed by atoms with Crippen molar-refractivity contribution in [1.82, 2.24) is 4.90 Å². The predicted octanol–water partition coefficient (Wildman–Crippen LogP) is 2.36. The van der Waals surface area contributed by atoms with Gasteiger partial charge in [0.1, 0.15) is 10.9 Å². The Morgan fingerprint density at radius 3 is 2.81 bits per heavy atom. The number of anilines is 1. The molecule has 1 saturated heterocycles. The van der Waals surface area contributed by atoms with Gasteiger partial charge in [0.2, 0.25) is 0 Å². The van der Waals surface area contributed by atoms with Crippen molar-refractivity contribution in [2.75, 3.05) is 18.5 Å². The molecular weight excluding hydrogens is 308 g/mol. The maximum atomic E-state index is 12.2. The summed E-state index contributed by atoms with van der Waals surface area (Å²) in [6, 6.07) is 9.46. The van der Waals surface area contributed by atoms with Crippen LogP contribution >= 0.6 is 24.0 Å². The van der Waals surface area contributed by atoms with Gasteiger partial charge in [-0.05, 0) is 19.1 Å². The van der Waals surface area contributed by atoms with E-state index in [0.29, 0.717) is 9.23 Å². The number of thiocarbonyl (C=S) groups is 1. The lowest BCUT2D eigenvalue weighted by atomic mass is 10.3. The van der Waals surface area contributed by atoms with Gasteiger partial charge < -0.3 is 10.1 Å². The number of nitrogens with zero attached hydrogens (tertiary/aromatic N) is 1. The lowest BCUT2D eigenvalue weighted by molar-refractivity contribution is -0.145. The van der Waals surface area contributed by atoms with Crippen LogP contribution < -0.4 is 5.32 Å². The van der Waals surface area contributed by atoms with Gasteiger partial charge in [0.15, 0.2) is 0 Å². The highest BCUT2D eigenvalue weighted by atomic mass is 32.2. The average molecular weight is 322 g/mol. The first-order valence-corrected chi connectivity index (χ1v) is 7.55. The van der Waals surface area contributed by atoms with Gasteiger partial charge in [-0.25, -0.2) is 0 Å². The third-order valence-corrected chi connectivity index (χ3v) is 3.99. The highest BCUT2D eigenvalue weighted by Crippen LogP contribution is 2.30. The predicted molar refractivity (Wildman–Crippen MR) is 86.7 cm³/mol. The van der Waals surface area contributed by atoms with Crippen LogP contribution in [0.4, 0.5) is 5.69 Å². The van der Waals surface area contributed by atoms with Gasteiger partial charge >= 0.3 is 5.97 Å². The number of nitrogens with one attached hydrogen (secondary N) is 1. The number of hydrogen-bond acceptors (Lipinski definition) is 6. The summed E-state index contributed by atoms with van der Waals surface area (Å²) in [7, 11) is 0. The van der Waals surface area contributed by atoms with Gasteiger partial charge in [-0.15, -0.1) is 0 Å². The standard InChI is InChI=1S/C14H14N2O3S2/c1-2-19-12(17)9-16-13(18)11(21-14(16)20)8-15-10-6-4-3-5-7-10/h3-8,15H,2,9H2,1H3. The summed E-state index contributed by atoms with van der Waals surface area (Å²) in [6.45, 7) is 1.84. The molecule has 21 heavy (non-hydrogen) atoms. The summed E-state index contributed by atoms with van der Waals surface area (Å²) in [5, 5.41) is 3.03. The average Bonchev–Trinajstić information content (AvgIpc) is 2.74. The van der Waals surface area contributed by atoms with E-state index in [1.807, 2.05) is 30.3 Å². The fraction of sp³-hybridized carbons (Fsp3) is 0.214. The second-order valence-electron chi connectivity index (χ2n) is 4.08. The van der Waals surface area contributed by atoms with Crippen LogP contribution in [0.25, 0.3) is 0 Å². The maximum Gasteiger partial charge on any atom is 0.326 e. The summed E-state index contributed by atoms with van der Waals surface area (Å²) in [4.78, 5) is 25.3. The Balaban J connectivity index is 2.02. The van der Waals surface area contributed by atoms with E-state index in [1.165, 1.54) is 4.90 Å². The quantitative estimate of drug-likeness (QED) is 0.510. The van der Waals surface area contributed by atoms with Crippen molar-refractivity contribution in [3.05, 3.63) is 41.4 Å². The van der Waals surface area contributed by atoms with Crippen LogP contribution in [0, 0.1) is 0 Å². The van der Waals surface area contributed by atoms with Crippen molar-refractivity contribution in [3.63, 3.8) is 0 Å². The number of carbonyl (C=O) groups is 2. The van der Waals surface area contributed by atoms with Crippen molar-refractivity contribution >= 4 is 45.9 Å². The first-order chi connectivity index (χ1) is 10.1. The zero-order valence-electron chi connectivity index (χ0n) is 11.4. The molecule has 1 aliphatic rings. The molecule has 0 atom stereocenters. The molecule has 1 N–H and O–H groups in total. The van der Waals surface area contributed by atoms with Crippen LogP contribution in [-0.4, -0.2) is 34.2 Å². The van der Waals surface area contributed by atoms with E-state index in [0.717, 1.165) is 17.4 Å². The van der Waals surface area contributed by atoms with E-state index in [4.69, 9.17) is 17.0 Å². The molecule has 1 aromatic carbocycles. The van der Waals surface area contributed by atoms with Crippen molar-refractivity contribution in [1.29, 1.82) is 0 Å². The third-order valence-electron chi connectivity index (χ3n) is 2.61. The van der Waals surface area contributed by atoms with E-state index in [1.54, 1.807) is 13.1 Å². The molecule has 0 saturated carbocycles. The molecule has 0 radical (unpaired) electrons. The van der Waals surface area contributed by atoms with Crippen LogP contribution in [0.15, 0.2) is 41.4 Å².